The van der Waals surface area contributed by atoms with Gasteiger partial charge >= 0.3 is 5.97 Å². The van der Waals surface area contributed by atoms with Gasteiger partial charge in [-0.15, -0.1) is 0 Å². The number of benzene rings is 1. The highest BCUT2D eigenvalue weighted by molar-refractivity contribution is 6.21. The molecule has 0 radical (unpaired) electrons. The summed E-state index contributed by atoms with van der Waals surface area (Å²) in [5, 5.41) is 4.30. The number of rotatable bonds is 7. The van der Waals surface area contributed by atoms with Crippen LogP contribution in [0.4, 0.5) is 0 Å². The third-order valence-corrected chi connectivity index (χ3v) is 4.45. The number of aryl methyl sites for hydroxylation is 1. The zero-order valence-electron chi connectivity index (χ0n) is 17.1. The normalized spacial score (nSPS) is 11.4. The minimum Gasteiger partial charge on any atom is -0.493 e. The maximum atomic E-state index is 12.7. The van der Waals surface area contributed by atoms with Gasteiger partial charge in [0.1, 0.15) is 0 Å². The van der Waals surface area contributed by atoms with Crippen LogP contribution >= 0.6 is 0 Å². The standard InChI is InChI=1S/C21H23N3O5/c1-6-14-12-16(24-19(23-14)7-8-22-24)15(21(25)29-5)9-13-10-17(26-2)20(28-4)18(11-13)27-3/h7-12H,6H2,1-5H3/b15-9+. The molecule has 0 aliphatic heterocycles. The van der Waals surface area contributed by atoms with E-state index in [1.54, 1.807) is 35.0 Å². The van der Waals surface area contributed by atoms with Crippen LogP contribution in [-0.2, 0) is 16.0 Å². The fourth-order valence-corrected chi connectivity index (χ4v) is 3.04. The van der Waals surface area contributed by atoms with Crippen LogP contribution < -0.4 is 14.2 Å². The van der Waals surface area contributed by atoms with E-state index in [4.69, 9.17) is 18.9 Å². The monoisotopic (exact) mass is 397 g/mol. The third kappa shape index (κ3) is 3.87. The van der Waals surface area contributed by atoms with Crippen LogP contribution in [0.2, 0.25) is 0 Å². The van der Waals surface area contributed by atoms with Crippen molar-refractivity contribution < 1.29 is 23.7 Å². The molecule has 0 saturated carbocycles. The second-order valence-electron chi connectivity index (χ2n) is 6.10. The Labute approximate surface area is 168 Å². The van der Waals surface area contributed by atoms with Gasteiger partial charge in [-0.3, -0.25) is 0 Å². The van der Waals surface area contributed by atoms with Gasteiger partial charge < -0.3 is 18.9 Å². The van der Waals surface area contributed by atoms with Gasteiger partial charge in [-0.25, -0.2) is 14.3 Å². The molecule has 0 N–H and O–H groups in total. The number of hydrogen-bond acceptors (Lipinski definition) is 7. The summed E-state index contributed by atoms with van der Waals surface area (Å²) in [6, 6.07) is 7.14. The van der Waals surface area contributed by atoms with Gasteiger partial charge in [-0.05, 0) is 36.3 Å². The molecule has 0 saturated heterocycles. The Kier molecular flexibility index (Phi) is 6.01. The van der Waals surface area contributed by atoms with E-state index < -0.39 is 5.97 Å². The van der Waals surface area contributed by atoms with E-state index >= 15 is 0 Å². The van der Waals surface area contributed by atoms with E-state index in [2.05, 4.69) is 10.1 Å². The summed E-state index contributed by atoms with van der Waals surface area (Å²) in [6.07, 6.45) is 4.05. The van der Waals surface area contributed by atoms with Crippen LogP contribution in [0.1, 0.15) is 23.9 Å². The van der Waals surface area contributed by atoms with Gasteiger partial charge in [-0.1, -0.05) is 6.92 Å². The number of fused-ring (bicyclic) bond motifs is 1. The Morgan fingerprint density at radius 2 is 1.76 bits per heavy atom. The first kappa shape index (κ1) is 20.2. The first-order valence-electron chi connectivity index (χ1n) is 9.00. The van der Waals surface area contributed by atoms with Crippen molar-refractivity contribution in [3.8, 4) is 17.2 Å². The van der Waals surface area contributed by atoms with Crippen molar-refractivity contribution in [2.75, 3.05) is 28.4 Å². The molecule has 1 aromatic carbocycles. The van der Waals surface area contributed by atoms with Crippen molar-refractivity contribution in [2.24, 2.45) is 0 Å². The van der Waals surface area contributed by atoms with Gasteiger partial charge in [0.05, 0.1) is 45.9 Å². The minimum absolute atomic E-state index is 0.326. The van der Waals surface area contributed by atoms with E-state index in [0.29, 0.717) is 46.1 Å². The second-order valence-corrected chi connectivity index (χ2v) is 6.10. The number of carbonyl (C=O) groups excluding carboxylic acids is 1. The lowest BCUT2D eigenvalue weighted by Crippen LogP contribution is -2.10. The number of nitrogens with zero attached hydrogens (tertiary/aromatic N) is 3. The van der Waals surface area contributed by atoms with Crippen LogP contribution in [0.15, 0.2) is 30.5 Å². The molecule has 8 nitrogen and oxygen atoms in total. The van der Waals surface area contributed by atoms with E-state index in [1.807, 2.05) is 13.0 Å². The summed E-state index contributed by atoms with van der Waals surface area (Å²) in [5.74, 6) is 0.938. The van der Waals surface area contributed by atoms with Crippen LogP contribution in [-0.4, -0.2) is 49.0 Å². The Hall–Kier alpha value is -3.55. The summed E-state index contributed by atoms with van der Waals surface area (Å²) in [4.78, 5) is 17.2. The lowest BCUT2D eigenvalue weighted by Gasteiger charge is -2.14. The van der Waals surface area contributed by atoms with Crippen molar-refractivity contribution in [3.05, 3.63) is 47.4 Å². The Morgan fingerprint density at radius 1 is 1.07 bits per heavy atom. The van der Waals surface area contributed by atoms with Crippen LogP contribution in [0, 0.1) is 0 Å². The molecule has 0 spiro atoms. The summed E-state index contributed by atoms with van der Waals surface area (Å²) in [5.41, 5.74) is 3.08. The molecule has 0 aliphatic carbocycles. The fraction of sp³-hybridized carbons (Fsp3) is 0.286. The van der Waals surface area contributed by atoms with Crippen LogP contribution in [0.25, 0.3) is 17.3 Å². The smallest absolute Gasteiger partial charge is 0.340 e. The van der Waals surface area contributed by atoms with Crippen LogP contribution in [0.3, 0.4) is 0 Å². The predicted octanol–water partition coefficient (Wildman–Crippen LogP) is 3.03. The highest BCUT2D eigenvalue weighted by atomic mass is 16.5. The molecule has 3 rings (SSSR count). The Morgan fingerprint density at radius 3 is 2.31 bits per heavy atom. The molecule has 3 aromatic rings. The van der Waals surface area contributed by atoms with E-state index in [-0.39, 0.29) is 0 Å². The topological polar surface area (TPSA) is 84.2 Å². The summed E-state index contributed by atoms with van der Waals surface area (Å²) in [7, 11) is 5.95. The number of esters is 1. The second kappa shape index (κ2) is 8.64. The van der Waals surface area contributed by atoms with E-state index in [9.17, 15) is 4.79 Å². The van der Waals surface area contributed by atoms with Gasteiger partial charge in [-0.2, -0.15) is 5.10 Å². The number of aromatic nitrogens is 3. The number of carbonyl (C=O) groups is 1. The largest absolute Gasteiger partial charge is 0.493 e. The SMILES string of the molecule is CCc1cc(/C(=C\c2cc(OC)c(OC)c(OC)c2)C(=O)OC)n2nccc2n1. The van der Waals surface area contributed by atoms with Gasteiger partial charge in [0, 0.05) is 11.8 Å². The first-order chi connectivity index (χ1) is 14.1. The predicted molar refractivity (Wildman–Crippen MR) is 108 cm³/mol. The zero-order chi connectivity index (χ0) is 21.0. The molecule has 0 bridgehead atoms. The van der Waals surface area contributed by atoms with E-state index in [0.717, 1.165) is 5.69 Å². The molecule has 2 heterocycles. The molecule has 0 atom stereocenters. The summed E-state index contributed by atoms with van der Waals surface area (Å²) in [6.45, 7) is 2.00. The molecule has 152 valence electrons. The average molecular weight is 397 g/mol. The third-order valence-electron chi connectivity index (χ3n) is 4.45. The quantitative estimate of drug-likeness (QED) is 0.447. The minimum atomic E-state index is -0.496. The van der Waals surface area contributed by atoms with Gasteiger partial charge in [0.2, 0.25) is 5.75 Å². The van der Waals surface area contributed by atoms with Crippen molar-refractivity contribution in [2.45, 2.75) is 13.3 Å². The van der Waals surface area contributed by atoms with Crippen molar-refractivity contribution >= 4 is 23.3 Å². The molecule has 8 heteroatoms. The van der Waals surface area contributed by atoms with Gasteiger partial charge in [0.25, 0.3) is 0 Å². The molecule has 0 amide bonds. The highest BCUT2D eigenvalue weighted by Crippen LogP contribution is 2.39. The lowest BCUT2D eigenvalue weighted by molar-refractivity contribution is -0.133. The zero-order valence-corrected chi connectivity index (χ0v) is 17.1. The average Bonchev–Trinajstić information content (AvgIpc) is 3.24. The molecular weight excluding hydrogens is 374 g/mol. The molecular formula is C21H23N3O5. The summed E-state index contributed by atoms with van der Waals surface area (Å²) >= 11 is 0. The Balaban J connectivity index is 2.25. The van der Waals surface area contributed by atoms with Crippen LogP contribution in [0.5, 0.6) is 17.2 Å². The summed E-state index contributed by atoms with van der Waals surface area (Å²) < 4.78 is 22.8. The van der Waals surface area contributed by atoms with E-state index in [1.165, 1.54) is 28.4 Å². The Bertz CT molecular complexity index is 1050. The maximum absolute atomic E-state index is 12.7. The molecule has 0 unspecified atom stereocenters. The van der Waals surface area contributed by atoms with Gasteiger partial charge in [0.15, 0.2) is 17.1 Å². The van der Waals surface area contributed by atoms with Crippen molar-refractivity contribution in [1.29, 1.82) is 0 Å². The number of methoxy groups -OCH3 is 4. The first-order valence-corrected chi connectivity index (χ1v) is 9.00. The molecule has 0 aliphatic rings. The number of ether oxygens (including phenoxy) is 4. The lowest BCUT2D eigenvalue weighted by atomic mass is 10.1. The fourth-order valence-electron chi connectivity index (χ4n) is 3.04. The number of hydrogen-bond donors (Lipinski definition) is 0. The van der Waals surface area contributed by atoms with Crippen molar-refractivity contribution in [1.82, 2.24) is 14.6 Å². The molecule has 2 aromatic heterocycles. The highest BCUT2D eigenvalue weighted by Gasteiger charge is 2.20. The maximum Gasteiger partial charge on any atom is 0.340 e. The molecule has 29 heavy (non-hydrogen) atoms. The molecule has 0 fully saturated rings. The van der Waals surface area contributed by atoms with Crippen molar-refractivity contribution in [3.63, 3.8) is 0 Å².